The number of aliphatic hydroxyl groups is 1. The van der Waals surface area contributed by atoms with E-state index in [1.165, 1.54) is 0 Å². The Morgan fingerprint density at radius 3 is 2.67 bits per heavy atom. The Morgan fingerprint density at radius 2 is 2.11 bits per heavy atom. The highest BCUT2D eigenvalue weighted by Crippen LogP contribution is 2.30. The van der Waals surface area contributed by atoms with E-state index in [1.807, 2.05) is 6.92 Å². The van der Waals surface area contributed by atoms with Gasteiger partial charge in [0.2, 0.25) is 11.8 Å². The molecule has 0 aliphatic carbocycles. The second kappa shape index (κ2) is 6.39. The highest BCUT2D eigenvalue weighted by molar-refractivity contribution is 5.31. The second-order valence-electron chi connectivity index (χ2n) is 3.41. The number of ether oxygens (including phenoxy) is 1. The summed E-state index contributed by atoms with van der Waals surface area (Å²) in [6.07, 6.45) is -3.84. The van der Waals surface area contributed by atoms with Gasteiger partial charge in [-0.05, 0) is 6.42 Å². The van der Waals surface area contributed by atoms with Crippen molar-refractivity contribution in [3.05, 3.63) is 11.8 Å². The summed E-state index contributed by atoms with van der Waals surface area (Å²) in [5.74, 6) is -0.357. The summed E-state index contributed by atoms with van der Waals surface area (Å²) in [6, 6.07) is 0.701. The van der Waals surface area contributed by atoms with Crippen molar-refractivity contribution in [3.8, 4) is 5.88 Å². The van der Waals surface area contributed by atoms with Crippen molar-refractivity contribution in [1.82, 2.24) is 9.97 Å². The summed E-state index contributed by atoms with van der Waals surface area (Å²) in [7, 11) is 0. The first-order chi connectivity index (χ1) is 8.47. The number of halogens is 3. The van der Waals surface area contributed by atoms with Crippen LogP contribution in [0.5, 0.6) is 5.88 Å². The van der Waals surface area contributed by atoms with Gasteiger partial charge < -0.3 is 15.2 Å². The van der Waals surface area contributed by atoms with E-state index in [1.54, 1.807) is 0 Å². The lowest BCUT2D eigenvalue weighted by atomic mass is 10.4. The highest BCUT2D eigenvalue weighted by Gasteiger charge is 2.34. The van der Waals surface area contributed by atoms with E-state index in [0.717, 1.165) is 6.42 Å². The number of aromatic nitrogens is 2. The molecule has 0 aliphatic rings. The minimum absolute atomic E-state index is 0.123. The van der Waals surface area contributed by atoms with Crippen molar-refractivity contribution in [2.24, 2.45) is 0 Å². The standard InChI is InChI=1S/C10H14F3N3O2/c1-2-3-14-9-15-7(10(11,12)13)6-8(16-9)18-5-4-17/h6,17H,2-5H2,1H3,(H,14,15,16). The number of nitrogens with zero attached hydrogens (tertiary/aromatic N) is 2. The van der Waals surface area contributed by atoms with Crippen molar-refractivity contribution < 1.29 is 23.0 Å². The molecule has 1 aromatic heterocycles. The first-order valence-electron chi connectivity index (χ1n) is 5.41. The van der Waals surface area contributed by atoms with Crippen molar-refractivity contribution in [1.29, 1.82) is 0 Å². The maximum Gasteiger partial charge on any atom is 0.433 e. The topological polar surface area (TPSA) is 67.3 Å². The van der Waals surface area contributed by atoms with Crippen LogP contribution >= 0.6 is 0 Å². The fourth-order valence-corrected chi connectivity index (χ4v) is 1.11. The molecule has 102 valence electrons. The van der Waals surface area contributed by atoms with Gasteiger partial charge in [0.25, 0.3) is 0 Å². The molecule has 2 N–H and O–H groups in total. The molecule has 0 bridgehead atoms. The number of aliphatic hydroxyl groups excluding tert-OH is 1. The van der Waals surface area contributed by atoms with Gasteiger partial charge in [0, 0.05) is 12.6 Å². The average Bonchev–Trinajstić information content (AvgIpc) is 2.32. The molecule has 1 rings (SSSR count). The predicted octanol–water partition coefficient (Wildman–Crippen LogP) is 1.69. The molecule has 1 aromatic rings. The van der Waals surface area contributed by atoms with Crippen LogP contribution in [-0.2, 0) is 6.18 Å². The van der Waals surface area contributed by atoms with E-state index in [9.17, 15) is 13.2 Å². The van der Waals surface area contributed by atoms with Crippen LogP contribution in [0.15, 0.2) is 6.07 Å². The molecule has 0 fully saturated rings. The Bertz CT molecular complexity index is 359. The molecule has 0 aliphatic heterocycles. The highest BCUT2D eigenvalue weighted by atomic mass is 19.4. The van der Waals surface area contributed by atoms with Crippen LogP contribution in [0.1, 0.15) is 19.0 Å². The van der Waals surface area contributed by atoms with E-state index in [0.29, 0.717) is 12.6 Å². The molecule has 0 unspecified atom stereocenters. The van der Waals surface area contributed by atoms with Gasteiger partial charge >= 0.3 is 6.18 Å². The molecule has 0 atom stereocenters. The largest absolute Gasteiger partial charge is 0.475 e. The number of nitrogens with one attached hydrogen (secondary N) is 1. The molecular weight excluding hydrogens is 251 g/mol. The molecule has 18 heavy (non-hydrogen) atoms. The molecule has 0 aromatic carbocycles. The number of alkyl halides is 3. The first kappa shape index (κ1) is 14.5. The van der Waals surface area contributed by atoms with E-state index >= 15 is 0 Å². The fraction of sp³-hybridized carbons (Fsp3) is 0.600. The molecule has 5 nitrogen and oxygen atoms in total. The van der Waals surface area contributed by atoms with E-state index in [-0.39, 0.29) is 25.0 Å². The Labute approximate surface area is 102 Å². The predicted molar refractivity (Wildman–Crippen MR) is 58.4 cm³/mol. The SMILES string of the molecule is CCCNc1nc(OCCO)cc(C(F)(F)F)n1. The summed E-state index contributed by atoms with van der Waals surface area (Å²) in [4.78, 5) is 7.13. The molecule has 0 saturated carbocycles. The average molecular weight is 265 g/mol. The number of hydrogen-bond acceptors (Lipinski definition) is 5. The first-order valence-corrected chi connectivity index (χ1v) is 5.41. The maximum absolute atomic E-state index is 12.6. The number of hydrogen-bond donors (Lipinski definition) is 2. The third-order valence-electron chi connectivity index (χ3n) is 1.87. The molecule has 0 radical (unpaired) electrons. The summed E-state index contributed by atoms with van der Waals surface area (Å²) < 4.78 is 42.6. The van der Waals surface area contributed by atoms with Gasteiger partial charge in [-0.1, -0.05) is 6.92 Å². The summed E-state index contributed by atoms with van der Waals surface area (Å²) in [5, 5.41) is 11.2. The number of rotatable bonds is 6. The van der Waals surface area contributed by atoms with Crippen molar-refractivity contribution in [2.45, 2.75) is 19.5 Å². The van der Waals surface area contributed by atoms with Crippen LogP contribution < -0.4 is 10.1 Å². The van der Waals surface area contributed by atoms with Crippen molar-refractivity contribution in [2.75, 3.05) is 25.1 Å². The lowest BCUT2D eigenvalue weighted by molar-refractivity contribution is -0.141. The summed E-state index contributed by atoms with van der Waals surface area (Å²) in [6.45, 7) is 1.90. The monoisotopic (exact) mass is 265 g/mol. The van der Waals surface area contributed by atoms with Crippen LogP contribution in [0.25, 0.3) is 0 Å². The van der Waals surface area contributed by atoms with Gasteiger partial charge in [-0.15, -0.1) is 0 Å². The van der Waals surface area contributed by atoms with Crippen molar-refractivity contribution >= 4 is 5.95 Å². The fourth-order valence-electron chi connectivity index (χ4n) is 1.11. The van der Waals surface area contributed by atoms with Gasteiger partial charge in [-0.3, -0.25) is 0 Å². The minimum atomic E-state index is -4.57. The smallest absolute Gasteiger partial charge is 0.433 e. The van der Waals surface area contributed by atoms with E-state index in [4.69, 9.17) is 9.84 Å². The lowest BCUT2D eigenvalue weighted by Gasteiger charge is -2.11. The minimum Gasteiger partial charge on any atom is -0.475 e. The Kier molecular flexibility index (Phi) is 5.14. The summed E-state index contributed by atoms with van der Waals surface area (Å²) in [5.41, 5.74) is -1.08. The molecule has 1 heterocycles. The molecule has 0 amide bonds. The number of anilines is 1. The van der Waals surface area contributed by atoms with E-state index in [2.05, 4.69) is 15.3 Å². The van der Waals surface area contributed by atoms with Crippen LogP contribution in [-0.4, -0.2) is 34.8 Å². The lowest BCUT2D eigenvalue weighted by Crippen LogP contribution is -2.14. The van der Waals surface area contributed by atoms with Gasteiger partial charge in [-0.25, -0.2) is 4.98 Å². The molecular formula is C10H14F3N3O2. The molecule has 8 heteroatoms. The summed E-state index contributed by atoms with van der Waals surface area (Å²) >= 11 is 0. The van der Waals surface area contributed by atoms with Gasteiger partial charge in [0.05, 0.1) is 6.61 Å². The second-order valence-corrected chi connectivity index (χ2v) is 3.41. The van der Waals surface area contributed by atoms with Gasteiger partial charge in [0.15, 0.2) is 5.69 Å². The quantitative estimate of drug-likeness (QED) is 0.819. The van der Waals surface area contributed by atoms with Crippen LogP contribution in [0.3, 0.4) is 0 Å². The van der Waals surface area contributed by atoms with Crippen molar-refractivity contribution in [3.63, 3.8) is 0 Å². The third-order valence-corrected chi connectivity index (χ3v) is 1.87. The van der Waals surface area contributed by atoms with Crippen LogP contribution in [0, 0.1) is 0 Å². The Hall–Kier alpha value is -1.57. The third kappa shape index (κ3) is 4.36. The molecule has 0 spiro atoms. The molecule has 0 saturated heterocycles. The zero-order chi connectivity index (χ0) is 13.6. The zero-order valence-corrected chi connectivity index (χ0v) is 9.79. The maximum atomic E-state index is 12.6. The Morgan fingerprint density at radius 1 is 1.39 bits per heavy atom. The Balaban J connectivity index is 2.96. The van der Waals surface area contributed by atoms with Gasteiger partial charge in [-0.2, -0.15) is 18.2 Å². The van der Waals surface area contributed by atoms with Gasteiger partial charge in [0.1, 0.15) is 6.61 Å². The van der Waals surface area contributed by atoms with Crippen LogP contribution in [0.4, 0.5) is 19.1 Å². The van der Waals surface area contributed by atoms with Crippen LogP contribution in [0.2, 0.25) is 0 Å². The zero-order valence-electron chi connectivity index (χ0n) is 9.79. The van der Waals surface area contributed by atoms with E-state index < -0.39 is 11.9 Å². The normalized spacial score (nSPS) is 11.4.